The molecule has 90 valence electrons. The first-order valence-corrected chi connectivity index (χ1v) is 6.46. The first kappa shape index (κ1) is 10.6. The van der Waals surface area contributed by atoms with Gasteiger partial charge in [0.15, 0.2) is 0 Å². The van der Waals surface area contributed by atoms with Gasteiger partial charge in [-0.3, -0.25) is 4.57 Å². The van der Waals surface area contributed by atoms with Crippen molar-refractivity contribution in [3.8, 4) is 0 Å². The smallest absolute Gasteiger partial charge is 0.306 e. The molecule has 3 rings (SSSR count). The van der Waals surface area contributed by atoms with Gasteiger partial charge in [0.1, 0.15) is 0 Å². The molecule has 1 fully saturated rings. The van der Waals surface area contributed by atoms with Crippen molar-refractivity contribution in [1.82, 2.24) is 9.55 Å². The summed E-state index contributed by atoms with van der Waals surface area (Å²) in [6, 6.07) is 6.59. The number of rotatable bonds is 1. The average Bonchev–Trinajstić information content (AvgIpc) is 2.65. The molecule has 17 heavy (non-hydrogen) atoms. The van der Waals surface area contributed by atoms with E-state index in [0.717, 1.165) is 23.9 Å². The first-order valence-electron chi connectivity index (χ1n) is 6.46. The van der Waals surface area contributed by atoms with E-state index >= 15 is 0 Å². The molecular formula is C14H18N2O. The lowest BCUT2D eigenvalue weighted by Gasteiger charge is -2.22. The largest absolute Gasteiger partial charge is 0.326 e. The second kappa shape index (κ2) is 4.06. The van der Waals surface area contributed by atoms with E-state index in [1.54, 1.807) is 0 Å². The Labute approximate surface area is 100 Å². The number of hydrogen-bond acceptors (Lipinski definition) is 1. The lowest BCUT2D eigenvalue weighted by Crippen LogP contribution is -2.23. The Balaban J connectivity index is 2.14. The van der Waals surface area contributed by atoms with Crippen LogP contribution < -0.4 is 5.69 Å². The first-order chi connectivity index (χ1) is 8.25. The molecule has 1 aliphatic carbocycles. The molecule has 1 saturated carbocycles. The van der Waals surface area contributed by atoms with Crippen molar-refractivity contribution < 1.29 is 0 Å². The summed E-state index contributed by atoms with van der Waals surface area (Å²) in [5.41, 5.74) is 3.28. The minimum atomic E-state index is 0.0532. The maximum atomic E-state index is 12.1. The number of nitrogens with one attached hydrogen (secondary N) is 1. The van der Waals surface area contributed by atoms with Crippen LogP contribution in [0.5, 0.6) is 0 Å². The Morgan fingerprint density at radius 3 is 2.76 bits per heavy atom. The third-order valence-corrected chi connectivity index (χ3v) is 3.81. The highest BCUT2D eigenvalue weighted by Gasteiger charge is 2.19. The van der Waals surface area contributed by atoms with Gasteiger partial charge in [0.05, 0.1) is 11.0 Å². The number of imidazole rings is 1. The zero-order valence-electron chi connectivity index (χ0n) is 10.2. The van der Waals surface area contributed by atoms with Crippen LogP contribution in [-0.2, 0) is 0 Å². The molecule has 0 radical (unpaired) electrons. The monoisotopic (exact) mass is 230 g/mol. The summed E-state index contributed by atoms with van der Waals surface area (Å²) in [4.78, 5) is 15.0. The minimum absolute atomic E-state index is 0.0532. The van der Waals surface area contributed by atoms with Gasteiger partial charge in [-0.15, -0.1) is 0 Å². The summed E-state index contributed by atoms with van der Waals surface area (Å²) in [5.74, 6) is 0. The van der Waals surface area contributed by atoms with Crippen LogP contribution in [0.15, 0.2) is 23.0 Å². The Hall–Kier alpha value is -1.51. The van der Waals surface area contributed by atoms with Gasteiger partial charge in [0.25, 0.3) is 0 Å². The van der Waals surface area contributed by atoms with Crippen molar-refractivity contribution in [2.45, 2.75) is 45.1 Å². The molecule has 0 spiro atoms. The van der Waals surface area contributed by atoms with Gasteiger partial charge in [-0.05, 0) is 37.5 Å². The highest BCUT2D eigenvalue weighted by molar-refractivity contribution is 5.76. The topological polar surface area (TPSA) is 37.8 Å². The fraction of sp³-hybridized carbons (Fsp3) is 0.500. The van der Waals surface area contributed by atoms with E-state index < -0.39 is 0 Å². The van der Waals surface area contributed by atoms with E-state index in [-0.39, 0.29) is 5.69 Å². The van der Waals surface area contributed by atoms with Crippen molar-refractivity contribution in [2.24, 2.45) is 0 Å². The van der Waals surface area contributed by atoms with Crippen molar-refractivity contribution >= 4 is 11.0 Å². The predicted octanol–water partition coefficient (Wildman–Crippen LogP) is 3.14. The van der Waals surface area contributed by atoms with Gasteiger partial charge in [0, 0.05) is 6.04 Å². The zero-order chi connectivity index (χ0) is 11.8. The highest BCUT2D eigenvalue weighted by Crippen LogP contribution is 2.29. The fourth-order valence-electron chi connectivity index (χ4n) is 2.95. The number of H-pyrrole nitrogens is 1. The molecule has 1 heterocycles. The van der Waals surface area contributed by atoms with E-state index in [9.17, 15) is 4.79 Å². The summed E-state index contributed by atoms with van der Waals surface area (Å²) < 4.78 is 1.97. The van der Waals surface area contributed by atoms with Crippen LogP contribution in [0.3, 0.4) is 0 Å². The number of nitrogens with zero attached hydrogens (tertiary/aromatic N) is 1. The summed E-state index contributed by atoms with van der Waals surface area (Å²) in [6.07, 6.45) is 6.08. The van der Waals surface area contributed by atoms with Crippen LogP contribution in [0.1, 0.15) is 43.7 Å². The molecule has 1 aromatic heterocycles. The van der Waals surface area contributed by atoms with E-state index in [1.807, 2.05) is 4.57 Å². The molecule has 0 amide bonds. The molecule has 0 bridgehead atoms. The Kier molecular flexibility index (Phi) is 2.54. The van der Waals surface area contributed by atoms with Crippen molar-refractivity contribution in [3.05, 3.63) is 34.2 Å². The minimum Gasteiger partial charge on any atom is -0.306 e. The number of aromatic amines is 1. The molecule has 1 N–H and O–H groups in total. The lowest BCUT2D eigenvalue weighted by atomic mass is 9.95. The molecule has 0 aliphatic heterocycles. The van der Waals surface area contributed by atoms with E-state index in [4.69, 9.17) is 0 Å². The lowest BCUT2D eigenvalue weighted by molar-refractivity contribution is 0.353. The number of aromatic nitrogens is 2. The van der Waals surface area contributed by atoms with Crippen molar-refractivity contribution in [2.75, 3.05) is 0 Å². The molecule has 2 aromatic rings. The van der Waals surface area contributed by atoms with Gasteiger partial charge in [-0.1, -0.05) is 25.3 Å². The molecule has 3 nitrogen and oxygen atoms in total. The van der Waals surface area contributed by atoms with Gasteiger partial charge < -0.3 is 4.98 Å². The molecule has 0 atom stereocenters. The van der Waals surface area contributed by atoms with E-state index in [2.05, 4.69) is 30.1 Å². The van der Waals surface area contributed by atoms with Gasteiger partial charge >= 0.3 is 5.69 Å². The van der Waals surface area contributed by atoms with E-state index in [1.165, 1.54) is 24.8 Å². The highest BCUT2D eigenvalue weighted by atomic mass is 16.1. The molecular weight excluding hydrogens is 212 g/mol. The van der Waals surface area contributed by atoms with Crippen LogP contribution in [0, 0.1) is 6.92 Å². The van der Waals surface area contributed by atoms with Gasteiger partial charge in [0.2, 0.25) is 0 Å². The summed E-state index contributed by atoms with van der Waals surface area (Å²) >= 11 is 0. The van der Waals surface area contributed by atoms with Crippen LogP contribution in [0.4, 0.5) is 0 Å². The zero-order valence-corrected chi connectivity index (χ0v) is 10.2. The third-order valence-electron chi connectivity index (χ3n) is 3.81. The molecule has 1 aromatic carbocycles. The van der Waals surface area contributed by atoms with Crippen LogP contribution in [0.2, 0.25) is 0 Å². The fourth-order valence-corrected chi connectivity index (χ4v) is 2.95. The average molecular weight is 230 g/mol. The molecule has 0 saturated heterocycles. The van der Waals surface area contributed by atoms with Gasteiger partial charge in [-0.2, -0.15) is 0 Å². The van der Waals surface area contributed by atoms with Crippen molar-refractivity contribution in [3.63, 3.8) is 0 Å². The number of hydrogen-bond donors (Lipinski definition) is 1. The molecule has 0 unspecified atom stereocenters. The number of aryl methyl sites for hydroxylation is 1. The Morgan fingerprint density at radius 1 is 1.24 bits per heavy atom. The van der Waals surface area contributed by atoms with Crippen LogP contribution >= 0.6 is 0 Å². The maximum absolute atomic E-state index is 12.1. The standard InChI is InChI=1S/C14H18N2O/c1-10-7-8-13-12(9-10)15-14(17)16(13)11-5-3-2-4-6-11/h7-9,11H,2-6H2,1H3,(H,15,17). The third kappa shape index (κ3) is 1.79. The summed E-state index contributed by atoms with van der Waals surface area (Å²) in [6.45, 7) is 2.05. The van der Waals surface area contributed by atoms with E-state index in [0.29, 0.717) is 6.04 Å². The normalized spacial score (nSPS) is 17.7. The number of fused-ring (bicyclic) bond motifs is 1. The Bertz CT molecular complexity index is 588. The molecule has 1 aliphatic rings. The van der Waals surface area contributed by atoms with Crippen LogP contribution in [0.25, 0.3) is 11.0 Å². The number of benzene rings is 1. The van der Waals surface area contributed by atoms with Gasteiger partial charge in [-0.25, -0.2) is 4.79 Å². The second-order valence-electron chi connectivity index (χ2n) is 5.11. The second-order valence-corrected chi connectivity index (χ2v) is 5.11. The predicted molar refractivity (Wildman–Crippen MR) is 69.4 cm³/mol. The van der Waals surface area contributed by atoms with Crippen molar-refractivity contribution in [1.29, 1.82) is 0 Å². The maximum Gasteiger partial charge on any atom is 0.326 e. The Morgan fingerprint density at radius 2 is 2.00 bits per heavy atom. The van der Waals surface area contributed by atoms with Crippen LogP contribution in [-0.4, -0.2) is 9.55 Å². The summed E-state index contributed by atoms with van der Waals surface area (Å²) in [7, 11) is 0. The quantitative estimate of drug-likeness (QED) is 0.803. The molecule has 3 heteroatoms. The summed E-state index contributed by atoms with van der Waals surface area (Å²) in [5, 5.41) is 0. The SMILES string of the molecule is Cc1ccc2c(c1)[nH]c(=O)n2C1CCCCC1.